The van der Waals surface area contributed by atoms with Gasteiger partial charge in [0.05, 0.1) is 11.9 Å². The molecule has 0 radical (unpaired) electrons. The van der Waals surface area contributed by atoms with Crippen molar-refractivity contribution in [1.82, 2.24) is 25.3 Å². The highest BCUT2D eigenvalue weighted by Gasteiger charge is 2.15. The molecule has 0 saturated carbocycles. The third-order valence-corrected chi connectivity index (χ3v) is 2.94. The van der Waals surface area contributed by atoms with Crippen LogP contribution in [0.15, 0.2) is 24.5 Å². The predicted molar refractivity (Wildman–Crippen MR) is 64.9 cm³/mol. The molecule has 0 aromatic carbocycles. The van der Waals surface area contributed by atoms with Crippen LogP contribution in [0.5, 0.6) is 5.75 Å². The standard InChI is InChI=1S/C12H15N5O/c1-3-10(7-13-4-1)18-9-11-12-8-14-5-2-6-17(12)16-15-11/h1,3-4,7,14H,2,5-6,8-9H2. The van der Waals surface area contributed by atoms with Gasteiger partial charge in [-0.2, -0.15) is 0 Å². The van der Waals surface area contributed by atoms with Gasteiger partial charge >= 0.3 is 0 Å². The number of fused-ring (bicyclic) bond motifs is 1. The second kappa shape index (κ2) is 5.14. The third kappa shape index (κ3) is 2.33. The zero-order valence-electron chi connectivity index (χ0n) is 10.0. The molecule has 1 aliphatic heterocycles. The van der Waals surface area contributed by atoms with E-state index < -0.39 is 0 Å². The molecule has 3 heterocycles. The second-order valence-electron chi connectivity index (χ2n) is 4.21. The van der Waals surface area contributed by atoms with Gasteiger partial charge in [0.2, 0.25) is 0 Å². The van der Waals surface area contributed by atoms with Crippen LogP contribution in [0, 0.1) is 0 Å². The molecular weight excluding hydrogens is 230 g/mol. The van der Waals surface area contributed by atoms with E-state index in [9.17, 15) is 0 Å². The molecular formula is C12H15N5O. The monoisotopic (exact) mass is 245 g/mol. The molecule has 0 unspecified atom stereocenters. The molecule has 6 heteroatoms. The molecule has 2 aromatic heterocycles. The molecule has 2 aromatic rings. The molecule has 1 N–H and O–H groups in total. The number of nitrogens with one attached hydrogen (secondary N) is 1. The van der Waals surface area contributed by atoms with E-state index in [-0.39, 0.29) is 0 Å². The lowest BCUT2D eigenvalue weighted by Gasteiger charge is -2.05. The Bertz CT molecular complexity index is 510. The fourth-order valence-corrected chi connectivity index (χ4v) is 2.00. The van der Waals surface area contributed by atoms with Crippen LogP contribution in [0.4, 0.5) is 0 Å². The first-order chi connectivity index (χ1) is 8.93. The van der Waals surface area contributed by atoms with Gasteiger partial charge in [0.1, 0.15) is 18.1 Å². The number of rotatable bonds is 3. The zero-order chi connectivity index (χ0) is 12.2. The Balaban J connectivity index is 1.72. The lowest BCUT2D eigenvalue weighted by atomic mass is 10.3. The average molecular weight is 245 g/mol. The fourth-order valence-electron chi connectivity index (χ4n) is 2.00. The number of hydrogen-bond acceptors (Lipinski definition) is 5. The molecule has 1 aliphatic rings. The van der Waals surface area contributed by atoms with Gasteiger partial charge in [-0.05, 0) is 25.1 Å². The van der Waals surface area contributed by atoms with Gasteiger partial charge in [0, 0.05) is 19.3 Å². The van der Waals surface area contributed by atoms with Gasteiger partial charge in [-0.3, -0.25) is 4.98 Å². The van der Waals surface area contributed by atoms with E-state index in [2.05, 4.69) is 20.6 Å². The van der Waals surface area contributed by atoms with Crippen molar-refractivity contribution < 1.29 is 4.74 Å². The van der Waals surface area contributed by atoms with Gasteiger partial charge < -0.3 is 10.1 Å². The molecule has 94 valence electrons. The Labute approximate surface area is 105 Å². The van der Waals surface area contributed by atoms with E-state index in [0.29, 0.717) is 6.61 Å². The molecule has 3 rings (SSSR count). The maximum absolute atomic E-state index is 5.65. The summed E-state index contributed by atoms with van der Waals surface area (Å²) in [7, 11) is 0. The van der Waals surface area contributed by atoms with Crippen molar-refractivity contribution in [2.45, 2.75) is 26.1 Å². The van der Waals surface area contributed by atoms with E-state index in [1.54, 1.807) is 12.4 Å². The predicted octanol–water partition coefficient (Wildman–Crippen LogP) is 0.745. The first-order valence-corrected chi connectivity index (χ1v) is 6.08. The summed E-state index contributed by atoms with van der Waals surface area (Å²) in [6.45, 7) is 3.18. The molecule has 6 nitrogen and oxygen atoms in total. The van der Waals surface area contributed by atoms with E-state index >= 15 is 0 Å². The quantitative estimate of drug-likeness (QED) is 0.864. The summed E-state index contributed by atoms with van der Waals surface area (Å²) in [5.74, 6) is 0.751. The summed E-state index contributed by atoms with van der Waals surface area (Å²) >= 11 is 0. The highest BCUT2D eigenvalue weighted by Crippen LogP contribution is 2.13. The Hall–Kier alpha value is -1.95. The van der Waals surface area contributed by atoms with Gasteiger partial charge in [-0.1, -0.05) is 5.21 Å². The molecule has 0 aliphatic carbocycles. The number of aryl methyl sites for hydroxylation is 1. The van der Waals surface area contributed by atoms with Crippen molar-refractivity contribution in [3.63, 3.8) is 0 Å². The van der Waals surface area contributed by atoms with Crippen LogP contribution in [0.3, 0.4) is 0 Å². The van der Waals surface area contributed by atoms with Crippen LogP contribution in [0.2, 0.25) is 0 Å². The van der Waals surface area contributed by atoms with Crippen molar-refractivity contribution in [1.29, 1.82) is 0 Å². The van der Waals surface area contributed by atoms with Crippen molar-refractivity contribution in [3.05, 3.63) is 35.9 Å². The summed E-state index contributed by atoms with van der Waals surface area (Å²) in [5.41, 5.74) is 2.02. The minimum Gasteiger partial charge on any atom is -0.486 e. The lowest BCUT2D eigenvalue weighted by Crippen LogP contribution is -2.14. The fraction of sp³-hybridized carbons (Fsp3) is 0.417. The van der Waals surface area contributed by atoms with Crippen LogP contribution in [-0.2, 0) is 19.7 Å². The van der Waals surface area contributed by atoms with Gasteiger partial charge in [-0.25, -0.2) is 4.68 Å². The number of ether oxygens (including phenoxy) is 1. The topological polar surface area (TPSA) is 64.9 Å². The number of nitrogens with zero attached hydrogens (tertiary/aromatic N) is 4. The van der Waals surface area contributed by atoms with Crippen LogP contribution in [0.25, 0.3) is 0 Å². The van der Waals surface area contributed by atoms with Crippen LogP contribution < -0.4 is 10.1 Å². The van der Waals surface area contributed by atoms with Gasteiger partial charge in [-0.15, -0.1) is 5.10 Å². The smallest absolute Gasteiger partial charge is 0.138 e. The second-order valence-corrected chi connectivity index (χ2v) is 4.21. The summed E-state index contributed by atoms with van der Waals surface area (Å²) in [4.78, 5) is 4.01. The normalized spacial score (nSPS) is 14.9. The Morgan fingerprint density at radius 3 is 3.33 bits per heavy atom. The first-order valence-electron chi connectivity index (χ1n) is 6.08. The highest BCUT2D eigenvalue weighted by molar-refractivity contribution is 5.17. The van der Waals surface area contributed by atoms with Crippen LogP contribution in [-0.4, -0.2) is 26.5 Å². The minimum absolute atomic E-state index is 0.433. The molecule has 0 bridgehead atoms. The highest BCUT2D eigenvalue weighted by atomic mass is 16.5. The summed E-state index contributed by atoms with van der Waals surface area (Å²) in [5, 5.41) is 11.7. The van der Waals surface area contributed by atoms with Crippen molar-refractivity contribution in [2.75, 3.05) is 6.54 Å². The van der Waals surface area contributed by atoms with Crippen LogP contribution in [0.1, 0.15) is 17.8 Å². The van der Waals surface area contributed by atoms with E-state index in [0.717, 1.165) is 43.2 Å². The maximum Gasteiger partial charge on any atom is 0.138 e. The van der Waals surface area contributed by atoms with Gasteiger partial charge in [0.25, 0.3) is 0 Å². The molecule has 0 atom stereocenters. The number of hydrogen-bond donors (Lipinski definition) is 1. The van der Waals surface area contributed by atoms with Crippen molar-refractivity contribution in [3.8, 4) is 5.75 Å². The molecule has 0 saturated heterocycles. The van der Waals surface area contributed by atoms with Crippen molar-refractivity contribution in [2.24, 2.45) is 0 Å². The largest absolute Gasteiger partial charge is 0.486 e. The molecule has 18 heavy (non-hydrogen) atoms. The van der Waals surface area contributed by atoms with E-state index in [1.807, 2.05) is 16.8 Å². The third-order valence-electron chi connectivity index (χ3n) is 2.94. The Morgan fingerprint density at radius 2 is 2.44 bits per heavy atom. The van der Waals surface area contributed by atoms with Crippen LogP contribution >= 0.6 is 0 Å². The number of aromatic nitrogens is 4. The molecule has 0 spiro atoms. The van der Waals surface area contributed by atoms with E-state index in [4.69, 9.17) is 4.74 Å². The Kier molecular flexibility index (Phi) is 3.18. The lowest BCUT2D eigenvalue weighted by molar-refractivity contribution is 0.298. The molecule has 0 amide bonds. The van der Waals surface area contributed by atoms with Gasteiger partial charge in [0.15, 0.2) is 0 Å². The maximum atomic E-state index is 5.65. The summed E-state index contributed by atoms with van der Waals surface area (Å²) < 4.78 is 7.61. The summed E-state index contributed by atoms with van der Waals surface area (Å²) in [6.07, 6.45) is 4.50. The minimum atomic E-state index is 0.433. The van der Waals surface area contributed by atoms with E-state index in [1.165, 1.54) is 0 Å². The SMILES string of the molecule is c1cncc(OCc2nnn3c2CNCCC3)c1. The zero-order valence-corrected chi connectivity index (χ0v) is 10.0. The average Bonchev–Trinajstić information content (AvgIpc) is 2.65. The van der Waals surface area contributed by atoms with Crippen molar-refractivity contribution >= 4 is 0 Å². The number of pyridine rings is 1. The molecule has 0 fully saturated rings. The Morgan fingerprint density at radius 1 is 1.44 bits per heavy atom. The first kappa shape index (κ1) is 11.2. The summed E-state index contributed by atoms with van der Waals surface area (Å²) in [6, 6.07) is 3.73.